The fourth-order valence-corrected chi connectivity index (χ4v) is 3.15. The smallest absolute Gasteiger partial charge is 0.253 e. The molecule has 0 saturated carbocycles. The van der Waals surface area contributed by atoms with Crippen LogP contribution in [0.3, 0.4) is 0 Å². The molecule has 2 aromatic rings. The van der Waals surface area contributed by atoms with Crippen LogP contribution in [-0.2, 0) is 4.79 Å². The van der Waals surface area contributed by atoms with Gasteiger partial charge in [-0.25, -0.2) is 0 Å². The highest BCUT2D eigenvalue weighted by Crippen LogP contribution is 2.28. The molecule has 1 N–H and O–H groups in total. The molecule has 0 atom stereocenters. The van der Waals surface area contributed by atoms with Crippen molar-refractivity contribution in [1.82, 2.24) is 10.2 Å². The first-order valence-corrected chi connectivity index (χ1v) is 8.33. The van der Waals surface area contributed by atoms with E-state index in [2.05, 4.69) is 29.4 Å². The van der Waals surface area contributed by atoms with E-state index in [-0.39, 0.29) is 5.91 Å². The molecule has 0 unspecified atom stereocenters. The van der Waals surface area contributed by atoms with Crippen molar-refractivity contribution < 1.29 is 4.79 Å². The highest BCUT2D eigenvalue weighted by atomic mass is 32.1. The van der Waals surface area contributed by atoms with Crippen molar-refractivity contribution in [3.8, 4) is 0 Å². The fourth-order valence-electron chi connectivity index (χ4n) is 2.15. The number of nitrogens with zero attached hydrogens (tertiary/aromatic N) is 2. The molecule has 0 bridgehead atoms. The maximum Gasteiger partial charge on any atom is 0.253 e. The predicted molar refractivity (Wildman–Crippen MR) is 92.0 cm³/mol. The molecular formula is C17H21N3OS. The molecule has 1 amide bonds. The van der Waals surface area contributed by atoms with Gasteiger partial charge >= 0.3 is 0 Å². The lowest BCUT2D eigenvalue weighted by Crippen LogP contribution is -2.12. The Morgan fingerprint density at radius 3 is 2.55 bits per heavy atom. The SMILES string of the molecule is CCC(CC)c1nnc(NC(=O)/C(C)=C/c2ccccc2)s1. The summed E-state index contributed by atoms with van der Waals surface area (Å²) in [6.45, 7) is 6.08. The molecule has 0 radical (unpaired) electrons. The third-order valence-corrected chi connectivity index (χ3v) is 4.54. The van der Waals surface area contributed by atoms with E-state index in [1.807, 2.05) is 36.4 Å². The van der Waals surface area contributed by atoms with Gasteiger partial charge in [-0.1, -0.05) is 55.5 Å². The van der Waals surface area contributed by atoms with E-state index < -0.39 is 0 Å². The lowest BCUT2D eigenvalue weighted by molar-refractivity contribution is -0.112. The molecule has 2 rings (SSSR count). The number of carbonyl (C=O) groups excluding carboxylic acids is 1. The van der Waals surface area contributed by atoms with Crippen LogP contribution in [0.5, 0.6) is 0 Å². The van der Waals surface area contributed by atoms with E-state index in [4.69, 9.17) is 0 Å². The van der Waals surface area contributed by atoms with Crippen molar-refractivity contribution in [1.29, 1.82) is 0 Å². The van der Waals surface area contributed by atoms with E-state index in [9.17, 15) is 4.79 Å². The summed E-state index contributed by atoms with van der Waals surface area (Å²) in [5.74, 6) is 0.278. The highest BCUT2D eigenvalue weighted by Gasteiger charge is 2.15. The second-order valence-electron chi connectivity index (χ2n) is 5.15. The first-order valence-electron chi connectivity index (χ1n) is 7.52. The van der Waals surface area contributed by atoms with Gasteiger partial charge in [0.05, 0.1) is 0 Å². The largest absolute Gasteiger partial charge is 0.297 e. The second kappa shape index (κ2) is 7.84. The van der Waals surface area contributed by atoms with Crippen molar-refractivity contribution in [2.75, 3.05) is 5.32 Å². The molecule has 0 aliphatic rings. The lowest BCUT2D eigenvalue weighted by Gasteiger charge is -2.05. The Kier molecular flexibility index (Phi) is 5.83. The third-order valence-electron chi connectivity index (χ3n) is 3.54. The van der Waals surface area contributed by atoms with Gasteiger partial charge in [-0.3, -0.25) is 10.1 Å². The molecule has 22 heavy (non-hydrogen) atoms. The number of benzene rings is 1. The van der Waals surface area contributed by atoms with Crippen LogP contribution >= 0.6 is 11.3 Å². The second-order valence-corrected chi connectivity index (χ2v) is 6.16. The maximum absolute atomic E-state index is 12.2. The van der Waals surface area contributed by atoms with Crippen LogP contribution in [0, 0.1) is 0 Å². The van der Waals surface area contributed by atoms with Crippen LogP contribution in [-0.4, -0.2) is 16.1 Å². The van der Waals surface area contributed by atoms with Gasteiger partial charge < -0.3 is 0 Å². The minimum atomic E-state index is -0.143. The van der Waals surface area contributed by atoms with Gasteiger partial charge in [-0.2, -0.15) is 0 Å². The Bertz CT molecular complexity index is 645. The zero-order valence-corrected chi connectivity index (χ0v) is 14.0. The standard InChI is InChI=1S/C17H21N3OS/c1-4-14(5-2)16-19-20-17(22-16)18-15(21)12(3)11-13-9-7-6-8-10-13/h6-11,14H,4-5H2,1-3H3,(H,18,20,21)/b12-11+. The molecular weight excluding hydrogens is 294 g/mol. The number of carbonyl (C=O) groups is 1. The number of hydrogen-bond donors (Lipinski definition) is 1. The molecule has 0 saturated heterocycles. The minimum Gasteiger partial charge on any atom is -0.297 e. The van der Waals surface area contributed by atoms with Crippen LogP contribution in [0.2, 0.25) is 0 Å². The quantitative estimate of drug-likeness (QED) is 0.799. The Hall–Kier alpha value is -2.01. The number of hydrogen-bond acceptors (Lipinski definition) is 4. The third kappa shape index (κ3) is 4.24. The number of nitrogens with one attached hydrogen (secondary N) is 1. The minimum absolute atomic E-state index is 0.143. The summed E-state index contributed by atoms with van der Waals surface area (Å²) in [4.78, 5) is 12.2. The Morgan fingerprint density at radius 2 is 1.91 bits per heavy atom. The van der Waals surface area contributed by atoms with Crippen molar-refractivity contribution >= 4 is 28.5 Å². The summed E-state index contributed by atoms with van der Waals surface area (Å²) in [6, 6.07) is 9.78. The van der Waals surface area contributed by atoms with Gasteiger partial charge in [0, 0.05) is 11.5 Å². The summed E-state index contributed by atoms with van der Waals surface area (Å²) < 4.78 is 0. The fraction of sp³-hybridized carbons (Fsp3) is 0.353. The van der Waals surface area contributed by atoms with Crippen LogP contribution in [0.4, 0.5) is 5.13 Å². The Labute approximate surface area is 135 Å². The molecule has 4 nitrogen and oxygen atoms in total. The molecule has 0 aliphatic heterocycles. The van der Waals surface area contributed by atoms with Crippen LogP contribution in [0.25, 0.3) is 6.08 Å². The molecule has 0 fully saturated rings. The number of amides is 1. The average Bonchev–Trinajstić information content (AvgIpc) is 2.98. The van der Waals surface area contributed by atoms with Crippen molar-refractivity contribution in [3.05, 3.63) is 46.5 Å². The Balaban J connectivity index is 2.04. The monoisotopic (exact) mass is 315 g/mol. The van der Waals surface area contributed by atoms with Gasteiger partial charge in [-0.05, 0) is 31.4 Å². The summed E-state index contributed by atoms with van der Waals surface area (Å²) in [7, 11) is 0. The number of rotatable bonds is 6. The summed E-state index contributed by atoms with van der Waals surface area (Å²) in [6.07, 6.45) is 3.93. The normalized spacial score (nSPS) is 11.7. The van der Waals surface area contributed by atoms with Crippen LogP contribution in [0.1, 0.15) is 50.1 Å². The van der Waals surface area contributed by atoms with Gasteiger partial charge in [-0.15, -0.1) is 10.2 Å². The Morgan fingerprint density at radius 1 is 1.23 bits per heavy atom. The number of anilines is 1. The zero-order chi connectivity index (χ0) is 15.9. The topological polar surface area (TPSA) is 54.9 Å². The van der Waals surface area contributed by atoms with E-state index in [0.717, 1.165) is 23.4 Å². The van der Waals surface area contributed by atoms with E-state index in [0.29, 0.717) is 16.6 Å². The van der Waals surface area contributed by atoms with Crippen LogP contribution < -0.4 is 5.32 Å². The first-order chi connectivity index (χ1) is 10.6. The van der Waals surface area contributed by atoms with Gasteiger partial charge in [0.15, 0.2) is 0 Å². The molecule has 5 heteroatoms. The molecule has 0 spiro atoms. The number of aromatic nitrogens is 2. The highest BCUT2D eigenvalue weighted by molar-refractivity contribution is 7.15. The molecule has 1 aromatic carbocycles. The average molecular weight is 315 g/mol. The van der Waals surface area contributed by atoms with E-state index in [1.165, 1.54) is 11.3 Å². The lowest BCUT2D eigenvalue weighted by atomic mass is 10.1. The summed E-state index contributed by atoms with van der Waals surface area (Å²) >= 11 is 1.46. The maximum atomic E-state index is 12.2. The predicted octanol–water partition coefficient (Wildman–Crippen LogP) is 4.48. The van der Waals surface area contributed by atoms with Crippen molar-refractivity contribution in [2.45, 2.75) is 39.5 Å². The molecule has 1 aromatic heterocycles. The van der Waals surface area contributed by atoms with Crippen LogP contribution in [0.15, 0.2) is 35.9 Å². The molecule has 0 aliphatic carbocycles. The van der Waals surface area contributed by atoms with Gasteiger partial charge in [0.2, 0.25) is 5.13 Å². The van der Waals surface area contributed by atoms with Gasteiger partial charge in [0.1, 0.15) is 5.01 Å². The van der Waals surface area contributed by atoms with Crippen molar-refractivity contribution in [3.63, 3.8) is 0 Å². The van der Waals surface area contributed by atoms with E-state index >= 15 is 0 Å². The first kappa shape index (κ1) is 16.4. The summed E-state index contributed by atoms with van der Waals surface area (Å²) in [5.41, 5.74) is 1.65. The molecule has 1 heterocycles. The molecule has 116 valence electrons. The van der Waals surface area contributed by atoms with Gasteiger partial charge in [0.25, 0.3) is 5.91 Å². The van der Waals surface area contributed by atoms with Crippen molar-refractivity contribution in [2.24, 2.45) is 0 Å². The van der Waals surface area contributed by atoms with E-state index in [1.54, 1.807) is 6.92 Å². The zero-order valence-electron chi connectivity index (χ0n) is 13.2. The summed E-state index contributed by atoms with van der Waals surface area (Å²) in [5, 5.41) is 12.6.